The van der Waals surface area contributed by atoms with Crippen molar-refractivity contribution in [3.05, 3.63) is 45.9 Å². The van der Waals surface area contributed by atoms with Crippen LogP contribution in [0.25, 0.3) is 0 Å². The summed E-state index contributed by atoms with van der Waals surface area (Å²) < 4.78 is 0. The van der Waals surface area contributed by atoms with Gasteiger partial charge >= 0.3 is 0 Å². The highest BCUT2D eigenvalue weighted by Gasteiger charge is 2.20. The van der Waals surface area contributed by atoms with Crippen LogP contribution in [0.4, 0.5) is 5.69 Å². The summed E-state index contributed by atoms with van der Waals surface area (Å²) in [7, 11) is 0. The summed E-state index contributed by atoms with van der Waals surface area (Å²) in [6, 6.07) is 7.73. The van der Waals surface area contributed by atoms with Gasteiger partial charge in [-0.2, -0.15) is 0 Å². The van der Waals surface area contributed by atoms with E-state index in [0.717, 1.165) is 17.7 Å². The molecule has 6 nitrogen and oxygen atoms in total. The minimum Gasteiger partial charge on any atom is -0.325 e. The Labute approximate surface area is 139 Å². The van der Waals surface area contributed by atoms with Crippen molar-refractivity contribution in [2.24, 2.45) is 0 Å². The number of nitrogens with one attached hydrogen (secondary N) is 2. The highest BCUT2D eigenvalue weighted by atomic mass is 32.2. The lowest BCUT2D eigenvalue weighted by atomic mass is 10.1. The molecule has 1 unspecified atom stereocenters. The van der Waals surface area contributed by atoms with Gasteiger partial charge in [0.2, 0.25) is 5.91 Å². The summed E-state index contributed by atoms with van der Waals surface area (Å²) in [4.78, 5) is 26.7. The van der Waals surface area contributed by atoms with Gasteiger partial charge < -0.3 is 5.32 Å². The van der Waals surface area contributed by atoms with Gasteiger partial charge in [0.25, 0.3) is 5.56 Å². The van der Waals surface area contributed by atoms with Gasteiger partial charge in [-0.05, 0) is 31.4 Å². The van der Waals surface area contributed by atoms with E-state index < -0.39 is 0 Å². The minimum absolute atomic E-state index is 0.110. The molecule has 1 aromatic carbocycles. The number of hydrogen-bond acceptors (Lipinski definition) is 5. The van der Waals surface area contributed by atoms with Gasteiger partial charge in [-0.3, -0.25) is 14.6 Å². The van der Waals surface area contributed by atoms with E-state index in [2.05, 4.69) is 20.5 Å². The largest absolute Gasteiger partial charge is 0.325 e. The summed E-state index contributed by atoms with van der Waals surface area (Å²) in [5.74, 6) is -0.110. The molecule has 7 heteroatoms. The van der Waals surface area contributed by atoms with Crippen molar-refractivity contribution in [3.63, 3.8) is 0 Å². The second kappa shape index (κ2) is 7.92. The van der Waals surface area contributed by atoms with Gasteiger partial charge in [-0.25, -0.2) is 0 Å². The number of carbonyl (C=O) groups is 1. The van der Waals surface area contributed by atoms with Crippen molar-refractivity contribution in [2.45, 2.75) is 44.0 Å². The molecule has 0 aliphatic carbocycles. The number of aromatic nitrogens is 3. The molecule has 1 aromatic heterocycles. The molecule has 0 spiro atoms. The Morgan fingerprint density at radius 1 is 1.30 bits per heavy atom. The van der Waals surface area contributed by atoms with Gasteiger partial charge in [-0.1, -0.05) is 43.8 Å². The average molecular weight is 332 g/mol. The lowest BCUT2D eigenvalue weighted by Crippen LogP contribution is -2.26. The van der Waals surface area contributed by atoms with Crippen molar-refractivity contribution < 1.29 is 4.79 Å². The molecule has 2 aromatic rings. The number of anilines is 1. The van der Waals surface area contributed by atoms with Crippen LogP contribution >= 0.6 is 11.8 Å². The lowest BCUT2D eigenvalue weighted by molar-refractivity contribution is -0.115. The molecule has 0 saturated heterocycles. The first-order chi connectivity index (χ1) is 11.0. The average Bonchev–Trinajstić information content (AvgIpc) is 2.56. The topological polar surface area (TPSA) is 87.7 Å². The number of hydrogen-bond donors (Lipinski definition) is 2. The molecular weight excluding hydrogens is 312 g/mol. The van der Waals surface area contributed by atoms with Crippen molar-refractivity contribution in [2.75, 3.05) is 5.32 Å². The van der Waals surface area contributed by atoms with Crippen molar-refractivity contribution in [1.82, 2.24) is 15.2 Å². The second-order valence-electron chi connectivity index (χ2n) is 5.06. The van der Waals surface area contributed by atoms with E-state index in [1.165, 1.54) is 11.8 Å². The summed E-state index contributed by atoms with van der Waals surface area (Å²) in [6.45, 7) is 5.55. The molecule has 0 saturated carbocycles. The van der Waals surface area contributed by atoms with Gasteiger partial charge in [-0.15, -0.1) is 10.2 Å². The quantitative estimate of drug-likeness (QED) is 0.794. The van der Waals surface area contributed by atoms with Crippen LogP contribution in [0, 0.1) is 6.92 Å². The standard InChI is InChI=1S/C16H20N4O2S/c1-4-11-8-6-7-9-12(11)17-15(22)13(5-2)23-16-18-14(21)10(3)19-20-16/h6-9,13H,4-5H2,1-3H3,(H,17,22)(H,18,20,21). The van der Waals surface area contributed by atoms with Crippen LogP contribution in [-0.4, -0.2) is 26.3 Å². The van der Waals surface area contributed by atoms with E-state index >= 15 is 0 Å². The van der Waals surface area contributed by atoms with E-state index in [1.54, 1.807) is 6.92 Å². The SMILES string of the molecule is CCc1ccccc1NC(=O)C(CC)Sc1nnc(C)c(=O)[nH]1. The highest BCUT2D eigenvalue weighted by Crippen LogP contribution is 2.23. The fourth-order valence-corrected chi connectivity index (χ4v) is 2.89. The van der Waals surface area contributed by atoms with Crippen LogP contribution in [0.1, 0.15) is 31.5 Å². The summed E-state index contributed by atoms with van der Waals surface area (Å²) >= 11 is 1.21. The van der Waals surface area contributed by atoms with Gasteiger partial charge in [0.15, 0.2) is 5.16 Å². The zero-order chi connectivity index (χ0) is 16.8. The molecular formula is C16H20N4O2S. The molecule has 0 fully saturated rings. The summed E-state index contributed by atoms with van der Waals surface area (Å²) in [6.07, 6.45) is 1.46. The number of aryl methyl sites for hydroxylation is 2. The maximum absolute atomic E-state index is 12.5. The molecule has 1 atom stereocenters. The number of benzene rings is 1. The molecule has 2 N–H and O–H groups in total. The molecule has 0 bridgehead atoms. The minimum atomic E-state index is -0.354. The molecule has 1 heterocycles. The van der Waals surface area contributed by atoms with Crippen LogP contribution in [-0.2, 0) is 11.2 Å². The number of thioether (sulfide) groups is 1. The Kier molecular flexibility index (Phi) is 5.92. The fraction of sp³-hybridized carbons (Fsp3) is 0.375. The van der Waals surface area contributed by atoms with Crippen molar-refractivity contribution in [1.29, 1.82) is 0 Å². The predicted molar refractivity (Wildman–Crippen MR) is 91.8 cm³/mol. The monoisotopic (exact) mass is 332 g/mol. The zero-order valence-electron chi connectivity index (χ0n) is 13.4. The Balaban J connectivity index is 2.12. The van der Waals surface area contributed by atoms with Crippen LogP contribution in [0.5, 0.6) is 0 Å². The van der Waals surface area contributed by atoms with E-state index in [4.69, 9.17) is 0 Å². The number of aromatic amines is 1. The van der Waals surface area contributed by atoms with Crippen LogP contribution in [0.2, 0.25) is 0 Å². The van der Waals surface area contributed by atoms with E-state index in [-0.39, 0.29) is 16.7 Å². The van der Waals surface area contributed by atoms with Gasteiger partial charge in [0.1, 0.15) is 5.69 Å². The molecule has 2 rings (SSSR count). The molecule has 0 aliphatic rings. The first kappa shape index (κ1) is 17.2. The molecule has 23 heavy (non-hydrogen) atoms. The Morgan fingerprint density at radius 3 is 2.70 bits per heavy atom. The van der Waals surface area contributed by atoms with Gasteiger partial charge in [0.05, 0.1) is 5.25 Å². The van der Waals surface area contributed by atoms with Crippen LogP contribution < -0.4 is 10.9 Å². The Bertz CT molecular complexity index is 745. The molecule has 0 aliphatic heterocycles. The number of H-pyrrole nitrogens is 1. The van der Waals surface area contributed by atoms with E-state index in [9.17, 15) is 9.59 Å². The Morgan fingerprint density at radius 2 is 2.04 bits per heavy atom. The maximum atomic E-state index is 12.5. The van der Waals surface area contributed by atoms with Crippen LogP contribution in [0.15, 0.2) is 34.2 Å². The smallest absolute Gasteiger partial charge is 0.273 e. The summed E-state index contributed by atoms with van der Waals surface area (Å²) in [5.41, 5.74) is 1.93. The number of para-hydroxylation sites is 1. The molecule has 0 radical (unpaired) electrons. The van der Waals surface area contributed by atoms with Crippen molar-refractivity contribution >= 4 is 23.4 Å². The van der Waals surface area contributed by atoms with E-state index in [0.29, 0.717) is 17.3 Å². The highest BCUT2D eigenvalue weighted by molar-refractivity contribution is 8.00. The first-order valence-corrected chi connectivity index (χ1v) is 8.42. The number of amides is 1. The maximum Gasteiger partial charge on any atom is 0.273 e. The third-order valence-electron chi connectivity index (χ3n) is 3.41. The molecule has 122 valence electrons. The third-order valence-corrected chi connectivity index (χ3v) is 4.65. The lowest BCUT2D eigenvalue weighted by Gasteiger charge is -2.15. The second-order valence-corrected chi connectivity index (χ2v) is 6.25. The normalized spacial score (nSPS) is 12.0. The number of rotatable bonds is 6. The Hall–Kier alpha value is -2.15. The summed E-state index contributed by atoms with van der Waals surface area (Å²) in [5, 5.41) is 10.7. The van der Waals surface area contributed by atoms with Crippen molar-refractivity contribution in [3.8, 4) is 0 Å². The first-order valence-electron chi connectivity index (χ1n) is 7.54. The molecule has 1 amide bonds. The predicted octanol–water partition coefficient (Wildman–Crippen LogP) is 2.55. The van der Waals surface area contributed by atoms with Gasteiger partial charge in [0, 0.05) is 5.69 Å². The third kappa shape index (κ3) is 4.41. The van der Waals surface area contributed by atoms with Crippen LogP contribution in [0.3, 0.4) is 0 Å². The zero-order valence-corrected chi connectivity index (χ0v) is 14.2. The fourth-order valence-electron chi connectivity index (χ4n) is 2.05. The number of nitrogens with zero attached hydrogens (tertiary/aromatic N) is 2. The van der Waals surface area contributed by atoms with E-state index in [1.807, 2.05) is 38.1 Å². The number of carbonyl (C=O) groups excluding carboxylic acids is 1.